The smallest absolute Gasteiger partial charge is 0.335 e. The lowest BCUT2D eigenvalue weighted by Crippen LogP contribution is -2.61. The van der Waals surface area contributed by atoms with Gasteiger partial charge in [-0.05, 0) is 5.56 Å². The van der Waals surface area contributed by atoms with Crippen molar-refractivity contribution in [2.75, 3.05) is 0 Å². The fraction of sp³-hybridized carbons (Fsp3) is 0.467. The van der Waals surface area contributed by atoms with Gasteiger partial charge in [0.2, 0.25) is 0 Å². The summed E-state index contributed by atoms with van der Waals surface area (Å²) >= 11 is 0. The highest BCUT2D eigenvalue weighted by Crippen LogP contribution is 2.26. The summed E-state index contributed by atoms with van der Waals surface area (Å²) in [4.78, 5) is 22.3. The quantitative estimate of drug-likeness (QED) is 0.629. The Morgan fingerprint density at radius 2 is 1.83 bits per heavy atom. The number of hydrogen-bond acceptors (Lipinski definition) is 7. The molecule has 0 unspecified atom stereocenters. The van der Waals surface area contributed by atoms with Crippen molar-refractivity contribution in [3.8, 4) is 0 Å². The molecule has 0 aliphatic carbocycles. The minimum atomic E-state index is -1.72. The van der Waals surface area contributed by atoms with E-state index in [2.05, 4.69) is 0 Å². The fourth-order valence-electron chi connectivity index (χ4n) is 2.32. The Hall–Kier alpha value is -2.00. The zero-order chi connectivity index (χ0) is 17.0. The van der Waals surface area contributed by atoms with Crippen molar-refractivity contribution >= 4 is 11.9 Å². The summed E-state index contributed by atoms with van der Waals surface area (Å²) in [6.45, 7) is 1.16. The molecule has 5 atom stereocenters. The molecule has 23 heavy (non-hydrogen) atoms. The second-order valence-electron chi connectivity index (χ2n) is 5.11. The summed E-state index contributed by atoms with van der Waals surface area (Å²) in [7, 11) is 0. The molecule has 1 aliphatic heterocycles. The standard InChI is InChI=1S/C15H18O8/c1-8(16)22-13-11(21-7-9-5-3-2-4-6-9)10(17)12(14(18)19)23-15(13)20/h2-6,10-13,15,17,20H,7H2,1H3,(H,18,19)/t10-,11-,12+,13+,15+/m0/s1. The SMILES string of the molecule is CC(=O)O[C@@H]1[C@@H](OCc2ccccc2)[C@H](O)[C@H](C(=O)O)O[C@H]1O. The molecule has 3 N–H and O–H groups in total. The Bertz CT molecular complexity index is 546. The molecular formula is C15H18O8. The van der Waals surface area contributed by atoms with E-state index in [0.717, 1.165) is 12.5 Å². The van der Waals surface area contributed by atoms with Crippen LogP contribution in [0.1, 0.15) is 12.5 Å². The molecule has 2 rings (SSSR count). The summed E-state index contributed by atoms with van der Waals surface area (Å²) < 4.78 is 15.2. The van der Waals surface area contributed by atoms with Gasteiger partial charge in [0.05, 0.1) is 6.61 Å². The average Bonchev–Trinajstić information content (AvgIpc) is 2.50. The molecule has 1 aliphatic rings. The van der Waals surface area contributed by atoms with Gasteiger partial charge in [-0.2, -0.15) is 0 Å². The number of carboxylic acid groups (broad SMARTS) is 1. The van der Waals surface area contributed by atoms with Crippen LogP contribution in [0.25, 0.3) is 0 Å². The number of carbonyl (C=O) groups is 2. The molecule has 0 spiro atoms. The predicted molar refractivity (Wildman–Crippen MR) is 75.1 cm³/mol. The van der Waals surface area contributed by atoms with Crippen molar-refractivity contribution in [2.45, 2.75) is 44.2 Å². The minimum absolute atomic E-state index is 0.0411. The zero-order valence-corrected chi connectivity index (χ0v) is 12.4. The molecule has 0 radical (unpaired) electrons. The molecule has 1 saturated heterocycles. The van der Waals surface area contributed by atoms with E-state index in [-0.39, 0.29) is 6.61 Å². The first-order valence-corrected chi connectivity index (χ1v) is 6.97. The van der Waals surface area contributed by atoms with Gasteiger partial charge >= 0.3 is 11.9 Å². The zero-order valence-electron chi connectivity index (χ0n) is 12.4. The van der Waals surface area contributed by atoms with E-state index in [9.17, 15) is 19.8 Å². The van der Waals surface area contributed by atoms with E-state index in [1.807, 2.05) is 6.07 Å². The molecule has 0 aromatic heterocycles. The van der Waals surface area contributed by atoms with Crippen LogP contribution in [0.4, 0.5) is 0 Å². The van der Waals surface area contributed by atoms with E-state index in [4.69, 9.17) is 19.3 Å². The van der Waals surface area contributed by atoms with Gasteiger partial charge in [-0.15, -0.1) is 0 Å². The topological polar surface area (TPSA) is 123 Å². The number of aliphatic hydroxyl groups excluding tert-OH is 2. The Balaban J connectivity index is 2.16. The monoisotopic (exact) mass is 326 g/mol. The third-order valence-corrected chi connectivity index (χ3v) is 3.37. The van der Waals surface area contributed by atoms with Crippen molar-refractivity contribution in [1.29, 1.82) is 0 Å². The van der Waals surface area contributed by atoms with Crippen LogP contribution < -0.4 is 0 Å². The number of carbonyl (C=O) groups excluding carboxylic acids is 1. The van der Waals surface area contributed by atoms with Crippen molar-refractivity contribution in [2.24, 2.45) is 0 Å². The van der Waals surface area contributed by atoms with Crippen molar-refractivity contribution in [3.63, 3.8) is 0 Å². The molecule has 8 heteroatoms. The predicted octanol–water partition coefficient (Wildman–Crippen LogP) is -0.334. The van der Waals surface area contributed by atoms with Crippen LogP contribution >= 0.6 is 0 Å². The third-order valence-electron chi connectivity index (χ3n) is 3.37. The van der Waals surface area contributed by atoms with E-state index in [1.54, 1.807) is 24.3 Å². The Kier molecular flexibility index (Phi) is 5.67. The van der Waals surface area contributed by atoms with Gasteiger partial charge in [0.1, 0.15) is 12.2 Å². The normalized spacial score (nSPS) is 30.7. The molecule has 1 heterocycles. The molecule has 0 bridgehead atoms. The van der Waals surface area contributed by atoms with Crippen LogP contribution in [0.15, 0.2) is 30.3 Å². The second kappa shape index (κ2) is 7.51. The maximum absolute atomic E-state index is 11.2. The number of aliphatic carboxylic acids is 1. The summed E-state index contributed by atoms with van der Waals surface area (Å²) in [5.74, 6) is -2.17. The van der Waals surface area contributed by atoms with Crippen LogP contribution in [-0.4, -0.2) is 58.0 Å². The molecule has 0 saturated carbocycles. The van der Waals surface area contributed by atoms with Crippen molar-refractivity contribution in [3.05, 3.63) is 35.9 Å². The molecule has 1 aromatic carbocycles. The molecular weight excluding hydrogens is 308 g/mol. The van der Waals surface area contributed by atoms with Gasteiger partial charge in [-0.1, -0.05) is 30.3 Å². The summed E-state index contributed by atoms with van der Waals surface area (Å²) in [5.41, 5.74) is 0.772. The summed E-state index contributed by atoms with van der Waals surface area (Å²) in [5, 5.41) is 29.1. The van der Waals surface area contributed by atoms with E-state index < -0.39 is 42.6 Å². The van der Waals surface area contributed by atoms with Gasteiger partial charge in [0.15, 0.2) is 18.5 Å². The average molecular weight is 326 g/mol. The molecule has 126 valence electrons. The second-order valence-corrected chi connectivity index (χ2v) is 5.11. The van der Waals surface area contributed by atoms with E-state index in [1.165, 1.54) is 0 Å². The first-order chi connectivity index (χ1) is 10.9. The minimum Gasteiger partial charge on any atom is -0.479 e. The lowest BCUT2D eigenvalue weighted by molar-refractivity contribution is -0.292. The molecule has 1 fully saturated rings. The highest BCUT2D eigenvalue weighted by molar-refractivity contribution is 5.73. The lowest BCUT2D eigenvalue weighted by atomic mass is 9.98. The van der Waals surface area contributed by atoms with E-state index in [0.29, 0.717) is 0 Å². The highest BCUT2D eigenvalue weighted by atomic mass is 16.7. The lowest BCUT2D eigenvalue weighted by Gasteiger charge is -2.40. The van der Waals surface area contributed by atoms with Crippen LogP contribution in [0.5, 0.6) is 0 Å². The molecule has 1 aromatic rings. The number of ether oxygens (including phenoxy) is 3. The number of benzene rings is 1. The number of carboxylic acids is 1. The Morgan fingerprint density at radius 3 is 2.39 bits per heavy atom. The highest BCUT2D eigenvalue weighted by Gasteiger charge is 2.50. The Labute approximate surface area is 132 Å². The van der Waals surface area contributed by atoms with Crippen LogP contribution in [-0.2, 0) is 30.4 Å². The number of aliphatic hydroxyl groups is 2. The van der Waals surface area contributed by atoms with Gasteiger partial charge < -0.3 is 29.5 Å². The molecule has 8 nitrogen and oxygen atoms in total. The first kappa shape index (κ1) is 17.4. The van der Waals surface area contributed by atoms with Gasteiger partial charge in [-0.3, -0.25) is 4.79 Å². The first-order valence-electron chi connectivity index (χ1n) is 6.97. The number of hydrogen-bond donors (Lipinski definition) is 3. The van der Waals surface area contributed by atoms with E-state index >= 15 is 0 Å². The van der Waals surface area contributed by atoms with Gasteiger partial charge in [-0.25, -0.2) is 4.79 Å². The fourth-order valence-corrected chi connectivity index (χ4v) is 2.32. The van der Waals surface area contributed by atoms with Gasteiger partial charge in [0.25, 0.3) is 0 Å². The van der Waals surface area contributed by atoms with Crippen LogP contribution in [0.2, 0.25) is 0 Å². The van der Waals surface area contributed by atoms with Crippen molar-refractivity contribution < 1.29 is 39.1 Å². The molecule has 0 amide bonds. The van der Waals surface area contributed by atoms with Crippen LogP contribution in [0.3, 0.4) is 0 Å². The number of esters is 1. The summed E-state index contributed by atoms with van der Waals surface area (Å²) in [6.07, 6.45) is -7.59. The maximum Gasteiger partial charge on any atom is 0.335 e. The maximum atomic E-state index is 11.2. The third kappa shape index (κ3) is 4.26. The number of rotatable bonds is 5. The Morgan fingerprint density at radius 1 is 1.17 bits per heavy atom. The van der Waals surface area contributed by atoms with Gasteiger partial charge in [0, 0.05) is 6.92 Å². The largest absolute Gasteiger partial charge is 0.479 e. The summed E-state index contributed by atoms with van der Waals surface area (Å²) in [6, 6.07) is 8.95. The van der Waals surface area contributed by atoms with Crippen LogP contribution in [0, 0.1) is 0 Å². The van der Waals surface area contributed by atoms with Crippen molar-refractivity contribution in [1.82, 2.24) is 0 Å².